The molecule has 116 valence electrons. The molecule has 1 N–H and O–H groups in total. The topological polar surface area (TPSA) is 82.4 Å². The van der Waals surface area contributed by atoms with Gasteiger partial charge in [0.25, 0.3) is 0 Å². The number of hydrogen-bond acceptors (Lipinski definition) is 5. The quantitative estimate of drug-likeness (QED) is 0.770. The molecule has 0 fully saturated rings. The van der Waals surface area contributed by atoms with Crippen LogP contribution in [0.4, 0.5) is 0 Å². The largest absolute Gasteiger partial charge is 0.383 e. The lowest BCUT2D eigenvalue weighted by Crippen LogP contribution is -2.34. The summed E-state index contributed by atoms with van der Waals surface area (Å²) in [7, 11) is -0.190. The fourth-order valence-corrected chi connectivity index (χ4v) is 3.16. The molecule has 0 unspecified atom stereocenters. The monoisotopic (exact) mass is 331 g/mol. The van der Waals surface area contributed by atoms with Crippen LogP contribution in [0.15, 0.2) is 23.1 Å². The number of methoxy groups -OCH3 is 1. The summed E-state index contributed by atoms with van der Waals surface area (Å²) >= 11 is 5.91. The van der Waals surface area contributed by atoms with Crippen molar-refractivity contribution in [1.82, 2.24) is 9.62 Å². The van der Waals surface area contributed by atoms with E-state index in [4.69, 9.17) is 21.6 Å². The maximum Gasteiger partial charge on any atom is 0.242 e. The predicted molar refractivity (Wildman–Crippen MR) is 80.7 cm³/mol. The van der Waals surface area contributed by atoms with Crippen LogP contribution < -0.4 is 4.72 Å². The molecule has 0 aliphatic carbocycles. The molecule has 8 heteroatoms. The Bertz CT molecular complexity index is 614. The number of nitriles is 1. The molecule has 1 aromatic carbocycles. The zero-order valence-corrected chi connectivity index (χ0v) is 13.5. The summed E-state index contributed by atoms with van der Waals surface area (Å²) in [5.74, 6) is 0. The molecule has 0 aromatic heterocycles. The van der Waals surface area contributed by atoms with E-state index in [0.29, 0.717) is 18.7 Å². The standard InChI is InChI=1S/C13H18ClN3O3S/c1-17(7-8-20-2)6-5-16-21(18,19)13-4-3-11(10-15)9-12(13)14/h3-4,9,16H,5-8H2,1-2H3. The summed E-state index contributed by atoms with van der Waals surface area (Å²) in [5.41, 5.74) is 0.318. The highest BCUT2D eigenvalue weighted by molar-refractivity contribution is 7.89. The Morgan fingerprint density at radius 1 is 1.43 bits per heavy atom. The number of halogens is 1. The third kappa shape index (κ3) is 5.61. The van der Waals surface area contributed by atoms with E-state index in [1.807, 2.05) is 18.0 Å². The minimum atomic E-state index is -3.68. The van der Waals surface area contributed by atoms with Gasteiger partial charge in [-0.1, -0.05) is 11.6 Å². The molecular formula is C13H18ClN3O3S. The predicted octanol–water partition coefficient (Wildman–Crippen LogP) is 1.07. The van der Waals surface area contributed by atoms with Gasteiger partial charge in [0.15, 0.2) is 0 Å². The fraction of sp³-hybridized carbons (Fsp3) is 0.462. The molecule has 21 heavy (non-hydrogen) atoms. The minimum Gasteiger partial charge on any atom is -0.383 e. The van der Waals surface area contributed by atoms with Gasteiger partial charge in [-0.3, -0.25) is 0 Å². The van der Waals surface area contributed by atoms with Gasteiger partial charge in [-0.2, -0.15) is 5.26 Å². The molecule has 0 spiro atoms. The second-order valence-electron chi connectivity index (χ2n) is 4.45. The zero-order valence-electron chi connectivity index (χ0n) is 12.0. The smallest absolute Gasteiger partial charge is 0.242 e. The number of hydrogen-bond donors (Lipinski definition) is 1. The number of benzene rings is 1. The SMILES string of the molecule is COCCN(C)CCNS(=O)(=O)c1ccc(C#N)cc1Cl. The van der Waals surface area contributed by atoms with Gasteiger partial charge in [0.1, 0.15) is 4.90 Å². The van der Waals surface area contributed by atoms with Crippen molar-refractivity contribution in [3.63, 3.8) is 0 Å². The van der Waals surface area contributed by atoms with Crippen LogP contribution >= 0.6 is 11.6 Å². The molecule has 0 radical (unpaired) electrons. The van der Waals surface area contributed by atoms with Crippen molar-refractivity contribution in [2.24, 2.45) is 0 Å². The van der Waals surface area contributed by atoms with E-state index in [9.17, 15) is 8.42 Å². The molecule has 0 aliphatic heterocycles. The number of ether oxygens (including phenoxy) is 1. The lowest BCUT2D eigenvalue weighted by Gasteiger charge is -2.16. The van der Waals surface area contributed by atoms with Crippen molar-refractivity contribution in [1.29, 1.82) is 5.26 Å². The maximum atomic E-state index is 12.1. The molecule has 0 amide bonds. The minimum absolute atomic E-state index is 0.0253. The third-order valence-corrected chi connectivity index (χ3v) is 4.76. The van der Waals surface area contributed by atoms with E-state index < -0.39 is 10.0 Å². The number of nitrogens with zero attached hydrogens (tertiary/aromatic N) is 2. The third-order valence-electron chi connectivity index (χ3n) is 2.81. The summed E-state index contributed by atoms with van der Waals surface area (Å²) in [5, 5.41) is 8.78. The van der Waals surface area contributed by atoms with Gasteiger partial charge in [-0.05, 0) is 25.2 Å². The fourth-order valence-electron chi connectivity index (χ4n) is 1.60. The van der Waals surface area contributed by atoms with Crippen LogP contribution in [0.2, 0.25) is 5.02 Å². The Labute approximate surface area is 130 Å². The first-order chi connectivity index (χ1) is 9.90. The van der Waals surface area contributed by atoms with Gasteiger partial charge < -0.3 is 9.64 Å². The molecule has 0 saturated carbocycles. The van der Waals surface area contributed by atoms with Crippen molar-refractivity contribution in [3.8, 4) is 6.07 Å². The lowest BCUT2D eigenvalue weighted by molar-refractivity contribution is 0.162. The first-order valence-electron chi connectivity index (χ1n) is 6.27. The van der Waals surface area contributed by atoms with Crippen LogP contribution in [0, 0.1) is 11.3 Å². The lowest BCUT2D eigenvalue weighted by atomic mass is 10.2. The normalized spacial score (nSPS) is 11.6. The average Bonchev–Trinajstić information content (AvgIpc) is 2.44. The van der Waals surface area contributed by atoms with E-state index in [-0.39, 0.29) is 16.5 Å². The highest BCUT2D eigenvalue weighted by atomic mass is 35.5. The number of sulfonamides is 1. The van der Waals surface area contributed by atoms with Crippen LogP contribution in [-0.2, 0) is 14.8 Å². The van der Waals surface area contributed by atoms with Gasteiger partial charge >= 0.3 is 0 Å². The highest BCUT2D eigenvalue weighted by Gasteiger charge is 2.17. The van der Waals surface area contributed by atoms with Gasteiger partial charge in [-0.25, -0.2) is 13.1 Å². The van der Waals surface area contributed by atoms with E-state index >= 15 is 0 Å². The second-order valence-corrected chi connectivity index (χ2v) is 6.59. The highest BCUT2D eigenvalue weighted by Crippen LogP contribution is 2.22. The summed E-state index contributed by atoms with van der Waals surface area (Å²) in [6, 6.07) is 5.99. The first-order valence-corrected chi connectivity index (χ1v) is 8.13. The molecule has 1 aromatic rings. The van der Waals surface area contributed by atoms with Gasteiger partial charge in [0.2, 0.25) is 10.0 Å². The molecular weight excluding hydrogens is 314 g/mol. The van der Waals surface area contributed by atoms with Crippen molar-refractivity contribution in [3.05, 3.63) is 28.8 Å². The summed E-state index contributed by atoms with van der Waals surface area (Å²) in [4.78, 5) is 1.93. The summed E-state index contributed by atoms with van der Waals surface area (Å²) in [6.07, 6.45) is 0. The Morgan fingerprint density at radius 2 is 2.14 bits per heavy atom. The van der Waals surface area contributed by atoms with Crippen LogP contribution in [0.5, 0.6) is 0 Å². The van der Waals surface area contributed by atoms with Crippen LogP contribution in [0.25, 0.3) is 0 Å². The Hall–Kier alpha value is -1.17. The van der Waals surface area contributed by atoms with Crippen molar-refractivity contribution in [2.75, 3.05) is 40.4 Å². The Kier molecular flexibility index (Phi) is 7.08. The van der Waals surface area contributed by atoms with Gasteiger partial charge in [0, 0.05) is 26.7 Å². The Balaban J connectivity index is 2.64. The number of nitrogens with one attached hydrogen (secondary N) is 1. The Morgan fingerprint density at radius 3 is 2.71 bits per heavy atom. The van der Waals surface area contributed by atoms with Gasteiger partial charge in [-0.15, -0.1) is 0 Å². The van der Waals surface area contributed by atoms with E-state index in [2.05, 4.69) is 4.72 Å². The van der Waals surface area contributed by atoms with Crippen LogP contribution in [0.3, 0.4) is 0 Å². The number of rotatable bonds is 8. The molecule has 0 aliphatic rings. The molecule has 0 atom stereocenters. The number of likely N-dealkylation sites (N-methyl/N-ethyl adjacent to an activating group) is 1. The molecule has 1 rings (SSSR count). The maximum absolute atomic E-state index is 12.1. The molecule has 0 heterocycles. The van der Waals surface area contributed by atoms with E-state index in [1.165, 1.54) is 18.2 Å². The summed E-state index contributed by atoms with van der Waals surface area (Å²) < 4.78 is 31.7. The first kappa shape index (κ1) is 17.9. The molecule has 6 nitrogen and oxygen atoms in total. The zero-order chi connectivity index (χ0) is 15.9. The molecule has 0 bridgehead atoms. The van der Waals surface area contributed by atoms with Crippen LogP contribution in [0.1, 0.15) is 5.56 Å². The van der Waals surface area contributed by atoms with Crippen molar-refractivity contribution >= 4 is 21.6 Å². The van der Waals surface area contributed by atoms with Crippen molar-refractivity contribution in [2.45, 2.75) is 4.90 Å². The molecule has 0 saturated heterocycles. The average molecular weight is 332 g/mol. The van der Waals surface area contributed by atoms with Gasteiger partial charge in [0.05, 0.1) is 23.3 Å². The van der Waals surface area contributed by atoms with Crippen molar-refractivity contribution < 1.29 is 13.2 Å². The van der Waals surface area contributed by atoms with Crippen LogP contribution in [-0.4, -0.2) is 53.7 Å². The van der Waals surface area contributed by atoms with E-state index in [1.54, 1.807) is 7.11 Å². The summed E-state index contributed by atoms with van der Waals surface area (Å²) in [6.45, 7) is 2.12. The van der Waals surface area contributed by atoms with E-state index in [0.717, 1.165) is 6.54 Å². The second kappa shape index (κ2) is 8.32.